The minimum atomic E-state index is 0.724. The molecule has 0 heterocycles. The van der Waals surface area contributed by atoms with Crippen LogP contribution in [-0.2, 0) is 0 Å². The molecule has 1 nitrogen and oxygen atoms in total. The summed E-state index contributed by atoms with van der Waals surface area (Å²) in [5.74, 6) is 7.72. The molecule has 2 unspecified atom stereocenters. The van der Waals surface area contributed by atoms with Crippen LogP contribution >= 0.6 is 0 Å². The van der Waals surface area contributed by atoms with Gasteiger partial charge in [-0.15, -0.1) is 11.8 Å². The Bertz CT molecular complexity index is 201. The van der Waals surface area contributed by atoms with Crippen LogP contribution in [0, 0.1) is 23.7 Å². The van der Waals surface area contributed by atoms with Crippen molar-refractivity contribution in [1.29, 1.82) is 0 Å². The van der Waals surface area contributed by atoms with Crippen LogP contribution in [-0.4, -0.2) is 12.6 Å². The Balaban J connectivity index is 2.28. The van der Waals surface area contributed by atoms with E-state index in [0.717, 1.165) is 30.8 Å². The largest absolute Gasteiger partial charge is 0.313 e. The highest BCUT2D eigenvalue weighted by Gasteiger charge is 2.26. The van der Waals surface area contributed by atoms with E-state index in [9.17, 15) is 0 Å². The Hall–Kier alpha value is -0.480. The predicted octanol–water partition coefficient (Wildman–Crippen LogP) is 2.81. The summed E-state index contributed by atoms with van der Waals surface area (Å²) in [6.45, 7) is 7.71. The maximum Gasteiger partial charge on any atom is 0.0214 e. The summed E-state index contributed by atoms with van der Waals surface area (Å²) in [5, 5.41) is 3.65. The highest BCUT2D eigenvalue weighted by Crippen LogP contribution is 2.28. The second-order valence-corrected chi connectivity index (χ2v) is 4.54. The molecule has 2 atom stereocenters. The highest BCUT2D eigenvalue weighted by molar-refractivity contribution is 4.95. The van der Waals surface area contributed by atoms with Crippen LogP contribution in [0.3, 0.4) is 0 Å². The van der Waals surface area contributed by atoms with E-state index in [4.69, 9.17) is 0 Å². The van der Waals surface area contributed by atoms with E-state index in [1.54, 1.807) is 0 Å². The Morgan fingerprint density at radius 3 is 2.43 bits per heavy atom. The number of hydrogen-bond acceptors (Lipinski definition) is 1. The van der Waals surface area contributed by atoms with Gasteiger partial charge >= 0.3 is 0 Å². The molecule has 0 aromatic carbocycles. The lowest BCUT2D eigenvalue weighted by Crippen LogP contribution is -2.43. The smallest absolute Gasteiger partial charge is 0.0214 e. The summed E-state index contributed by atoms with van der Waals surface area (Å²) in [7, 11) is 0. The lowest BCUT2D eigenvalue weighted by molar-refractivity contribution is 0.210. The van der Waals surface area contributed by atoms with Gasteiger partial charge in [0, 0.05) is 19.0 Å². The number of hydrogen-bond donors (Lipinski definition) is 1. The first-order valence-corrected chi connectivity index (χ1v) is 5.88. The van der Waals surface area contributed by atoms with E-state index in [2.05, 4.69) is 31.0 Å². The van der Waals surface area contributed by atoms with Crippen LogP contribution in [0.25, 0.3) is 0 Å². The van der Waals surface area contributed by atoms with E-state index >= 15 is 0 Å². The Labute approximate surface area is 88.7 Å². The molecule has 0 radical (unpaired) electrons. The maximum absolute atomic E-state index is 3.65. The van der Waals surface area contributed by atoms with Gasteiger partial charge < -0.3 is 5.32 Å². The van der Waals surface area contributed by atoms with Crippen molar-refractivity contribution in [3.05, 3.63) is 0 Å². The van der Waals surface area contributed by atoms with Crippen LogP contribution in [0.2, 0.25) is 0 Å². The normalized spacial score (nSPS) is 32.1. The highest BCUT2D eigenvalue weighted by atomic mass is 14.9. The standard InChI is InChI=1S/C13H23N/c1-4-5-6-10-14-13-11(2)8-7-9-12(13)3/h11-14H,6-10H2,1-3H3. The Morgan fingerprint density at radius 1 is 1.21 bits per heavy atom. The minimum Gasteiger partial charge on any atom is -0.313 e. The summed E-state index contributed by atoms with van der Waals surface area (Å²) in [4.78, 5) is 0. The summed E-state index contributed by atoms with van der Waals surface area (Å²) < 4.78 is 0. The predicted molar refractivity (Wildman–Crippen MR) is 62.0 cm³/mol. The monoisotopic (exact) mass is 193 g/mol. The molecule has 1 aliphatic rings. The summed E-state index contributed by atoms with van der Waals surface area (Å²) in [6.07, 6.45) is 5.19. The van der Waals surface area contributed by atoms with Gasteiger partial charge in [-0.25, -0.2) is 0 Å². The van der Waals surface area contributed by atoms with Gasteiger partial charge in [-0.1, -0.05) is 20.3 Å². The number of rotatable bonds is 3. The van der Waals surface area contributed by atoms with Crippen LogP contribution < -0.4 is 5.32 Å². The number of nitrogens with one attached hydrogen (secondary N) is 1. The van der Waals surface area contributed by atoms with Crippen molar-refractivity contribution in [2.75, 3.05) is 6.54 Å². The van der Waals surface area contributed by atoms with Gasteiger partial charge in [-0.05, 0) is 31.6 Å². The first kappa shape index (κ1) is 11.6. The molecule has 0 bridgehead atoms. The molecule has 0 aromatic heterocycles. The van der Waals surface area contributed by atoms with Crippen molar-refractivity contribution in [3.63, 3.8) is 0 Å². The second kappa shape index (κ2) is 6.09. The lowest BCUT2D eigenvalue weighted by Gasteiger charge is -2.35. The SMILES string of the molecule is CC#CCCNC1C(C)CCCC1C. The molecule has 1 rings (SSSR count). The summed E-state index contributed by atoms with van der Waals surface area (Å²) >= 11 is 0. The van der Waals surface area contributed by atoms with Crippen molar-refractivity contribution in [2.45, 2.75) is 52.5 Å². The van der Waals surface area contributed by atoms with E-state index in [1.807, 2.05) is 6.92 Å². The minimum absolute atomic E-state index is 0.724. The van der Waals surface area contributed by atoms with Crippen LogP contribution in [0.4, 0.5) is 0 Å². The third-order valence-electron chi connectivity index (χ3n) is 3.35. The maximum atomic E-state index is 3.65. The molecule has 1 aliphatic carbocycles. The molecular formula is C13H23N. The van der Waals surface area contributed by atoms with Gasteiger partial charge in [0.25, 0.3) is 0 Å². The molecule has 0 aliphatic heterocycles. The second-order valence-electron chi connectivity index (χ2n) is 4.54. The van der Waals surface area contributed by atoms with E-state index in [1.165, 1.54) is 19.3 Å². The molecular weight excluding hydrogens is 170 g/mol. The van der Waals surface area contributed by atoms with Crippen molar-refractivity contribution < 1.29 is 0 Å². The van der Waals surface area contributed by atoms with Crippen LogP contribution in [0.15, 0.2) is 0 Å². The quantitative estimate of drug-likeness (QED) is 0.537. The molecule has 0 aromatic rings. The lowest BCUT2D eigenvalue weighted by atomic mass is 9.79. The van der Waals surface area contributed by atoms with Crippen molar-refractivity contribution in [2.24, 2.45) is 11.8 Å². The Morgan fingerprint density at radius 2 is 1.86 bits per heavy atom. The molecule has 1 fully saturated rings. The fourth-order valence-corrected chi connectivity index (χ4v) is 2.51. The molecule has 80 valence electrons. The molecule has 1 heteroatoms. The Kier molecular flexibility index (Phi) is 5.04. The molecule has 0 spiro atoms. The third-order valence-corrected chi connectivity index (χ3v) is 3.35. The third kappa shape index (κ3) is 3.35. The summed E-state index contributed by atoms with van der Waals surface area (Å²) in [6, 6.07) is 0.724. The average molecular weight is 193 g/mol. The zero-order valence-electron chi connectivity index (χ0n) is 9.77. The van der Waals surface area contributed by atoms with E-state index in [-0.39, 0.29) is 0 Å². The van der Waals surface area contributed by atoms with Gasteiger partial charge in [0.05, 0.1) is 0 Å². The van der Waals surface area contributed by atoms with Gasteiger partial charge in [0.1, 0.15) is 0 Å². The molecule has 0 amide bonds. The first-order chi connectivity index (χ1) is 6.75. The van der Waals surface area contributed by atoms with Gasteiger partial charge in [-0.3, -0.25) is 0 Å². The zero-order valence-corrected chi connectivity index (χ0v) is 9.77. The van der Waals surface area contributed by atoms with Crippen LogP contribution in [0.5, 0.6) is 0 Å². The topological polar surface area (TPSA) is 12.0 Å². The van der Waals surface area contributed by atoms with Crippen molar-refractivity contribution in [1.82, 2.24) is 5.32 Å². The van der Waals surface area contributed by atoms with Crippen molar-refractivity contribution >= 4 is 0 Å². The van der Waals surface area contributed by atoms with Gasteiger partial charge in [0.2, 0.25) is 0 Å². The van der Waals surface area contributed by atoms with Crippen LogP contribution in [0.1, 0.15) is 46.5 Å². The molecule has 0 saturated heterocycles. The average Bonchev–Trinajstić information content (AvgIpc) is 2.16. The van der Waals surface area contributed by atoms with E-state index < -0.39 is 0 Å². The molecule has 1 N–H and O–H groups in total. The fourth-order valence-electron chi connectivity index (χ4n) is 2.51. The summed E-state index contributed by atoms with van der Waals surface area (Å²) in [5.41, 5.74) is 0. The van der Waals surface area contributed by atoms with Gasteiger partial charge in [-0.2, -0.15) is 0 Å². The first-order valence-electron chi connectivity index (χ1n) is 5.88. The van der Waals surface area contributed by atoms with Gasteiger partial charge in [0.15, 0.2) is 0 Å². The zero-order chi connectivity index (χ0) is 10.4. The molecule has 14 heavy (non-hydrogen) atoms. The molecule has 1 saturated carbocycles. The van der Waals surface area contributed by atoms with E-state index in [0.29, 0.717) is 0 Å². The van der Waals surface area contributed by atoms with Crippen molar-refractivity contribution in [3.8, 4) is 11.8 Å². The fraction of sp³-hybridized carbons (Fsp3) is 0.846.